The minimum Gasteiger partial charge on any atom is -0.398 e. The number of methoxy groups -OCH3 is 1. The van der Waals surface area contributed by atoms with Crippen LogP contribution in [0.15, 0.2) is 18.5 Å². The van der Waals surface area contributed by atoms with Crippen LogP contribution in [0.25, 0.3) is 0 Å². The van der Waals surface area contributed by atoms with Gasteiger partial charge in [0.2, 0.25) is 0 Å². The average Bonchev–Trinajstić information content (AvgIpc) is 2.29. The molecule has 4 heteroatoms. The first-order valence-electron chi connectivity index (χ1n) is 5.65. The minimum absolute atomic E-state index is 0.0311. The first-order chi connectivity index (χ1) is 7.69. The lowest BCUT2D eigenvalue weighted by Gasteiger charge is -2.22. The van der Waals surface area contributed by atoms with Gasteiger partial charge in [0.05, 0.1) is 6.10 Å². The van der Waals surface area contributed by atoms with Gasteiger partial charge in [-0.25, -0.2) is 0 Å². The van der Waals surface area contributed by atoms with Gasteiger partial charge in [-0.15, -0.1) is 0 Å². The van der Waals surface area contributed by atoms with Crippen molar-refractivity contribution < 1.29 is 4.74 Å². The van der Waals surface area contributed by atoms with E-state index in [9.17, 15) is 0 Å². The Kier molecular flexibility index (Phi) is 5.22. The molecule has 0 saturated heterocycles. The Labute approximate surface area is 97.0 Å². The van der Waals surface area contributed by atoms with Crippen molar-refractivity contribution in [2.45, 2.75) is 38.3 Å². The molecule has 0 aliphatic carbocycles. The average molecular weight is 223 g/mol. The van der Waals surface area contributed by atoms with E-state index in [4.69, 9.17) is 16.2 Å². The molecule has 1 aromatic heterocycles. The fourth-order valence-electron chi connectivity index (χ4n) is 1.79. The first-order valence-corrected chi connectivity index (χ1v) is 5.65. The Morgan fingerprint density at radius 2 is 2.25 bits per heavy atom. The number of aromatic nitrogens is 1. The number of nitrogens with two attached hydrogens (primary N) is 2. The van der Waals surface area contributed by atoms with Crippen LogP contribution in [0.3, 0.4) is 0 Å². The third kappa shape index (κ3) is 3.47. The molecule has 0 aromatic carbocycles. The van der Waals surface area contributed by atoms with Crippen LogP contribution in [0, 0.1) is 0 Å². The summed E-state index contributed by atoms with van der Waals surface area (Å²) in [7, 11) is 1.70. The highest BCUT2D eigenvalue weighted by Crippen LogP contribution is 2.14. The quantitative estimate of drug-likeness (QED) is 0.763. The second kappa shape index (κ2) is 6.45. The van der Waals surface area contributed by atoms with Crippen molar-refractivity contribution >= 4 is 5.69 Å². The highest BCUT2D eigenvalue weighted by molar-refractivity contribution is 5.44. The Morgan fingerprint density at radius 3 is 2.81 bits per heavy atom. The number of nitrogen functional groups attached to an aromatic ring is 1. The van der Waals surface area contributed by atoms with Gasteiger partial charge >= 0.3 is 0 Å². The number of pyridine rings is 1. The first kappa shape index (κ1) is 12.9. The van der Waals surface area contributed by atoms with Crippen LogP contribution in [0.5, 0.6) is 0 Å². The van der Waals surface area contributed by atoms with Gasteiger partial charge in [0, 0.05) is 31.2 Å². The fraction of sp³-hybridized carbons (Fsp3) is 0.583. The standard InChI is InChI=1S/C12H21N3O/c1-3-4-12(16-2)11(14)7-9-8-15-6-5-10(9)13/h5-6,8,11-12H,3-4,7,14H2,1-2H3,(H2,13,15). The van der Waals surface area contributed by atoms with Crippen LogP contribution in [0.2, 0.25) is 0 Å². The topological polar surface area (TPSA) is 74.2 Å². The molecule has 2 atom stereocenters. The SMILES string of the molecule is CCCC(OC)C(N)Cc1cnccc1N. The van der Waals surface area contributed by atoms with Crippen LogP contribution >= 0.6 is 0 Å². The van der Waals surface area contributed by atoms with Gasteiger partial charge in [0.15, 0.2) is 0 Å². The van der Waals surface area contributed by atoms with E-state index >= 15 is 0 Å². The van der Waals surface area contributed by atoms with Crippen LogP contribution in [0.1, 0.15) is 25.3 Å². The zero-order valence-corrected chi connectivity index (χ0v) is 10.0. The molecular formula is C12H21N3O. The lowest BCUT2D eigenvalue weighted by atomic mass is 9.99. The summed E-state index contributed by atoms with van der Waals surface area (Å²) in [6.07, 6.45) is 6.28. The Balaban J connectivity index is 2.62. The monoisotopic (exact) mass is 223 g/mol. The highest BCUT2D eigenvalue weighted by Gasteiger charge is 2.17. The van der Waals surface area contributed by atoms with E-state index in [2.05, 4.69) is 11.9 Å². The molecule has 1 rings (SSSR count). The van der Waals surface area contributed by atoms with Crippen LogP contribution in [-0.2, 0) is 11.2 Å². The zero-order valence-electron chi connectivity index (χ0n) is 10.0. The summed E-state index contributed by atoms with van der Waals surface area (Å²) in [5.74, 6) is 0. The number of hydrogen-bond donors (Lipinski definition) is 2. The molecule has 1 aromatic rings. The van der Waals surface area contributed by atoms with Crippen molar-refractivity contribution in [3.8, 4) is 0 Å². The van der Waals surface area contributed by atoms with Crippen LogP contribution < -0.4 is 11.5 Å². The molecule has 4 N–H and O–H groups in total. The Bertz CT molecular complexity index is 317. The molecule has 0 radical (unpaired) electrons. The van der Waals surface area contributed by atoms with Crippen molar-refractivity contribution in [1.82, 2.24) is 4.98 Å². The van der Waals surface area contributed by atoms with E-state index in [0.29, 0.717) is 6.42 Å². The van der Waals surface area contributed by atoms with Gasteiger partial charge in [0.25, 0.3) is 0 Å². The molecule has 0 amide bonds. The number of rotatable bonds is 6. The maximum atomic E-state index is 6.11. The molecule has 0 bridgehead atoms. The third-order valence-electron chi connectivity index (χ3n) is 2.75. The number of hydrogen-bond acceptors (Lipinski definition) is 4. The second-order valence-corrected chi connectivity index (χ2v) is 4.01. The summed E-state index contributed by atoms with van der Waals surface area (Å²) in [5.41, 5.74) is 13.7. The molecule has 2 unspecified atom stereocenters. The lowest BCUT2D eigenvalue weighted by molar-refractivity contribution is 0.0727. The second-order valence-electron chi connectivity index (χ2n) is 4.01. The highest BCUT2D eigenvalue weighted by atomic mass is 16.5. The largest absolute Gasteiger partial charge is 0.398 e. The minimum atomic E-state index is -0.0311. The van der Waals surface area contributed by atoms with E-state index < -0.39 is 0 Å². The molecule has 0 aliphatic rings. The van der Waals surface area contributed by atoms with Gasteiger partial charge in [-0.1, -0.05) is 13.3 Å². The smallest absolute Gasteiger partial charge is 0.0725 e. The van der Waals surface area contributed by atoms with E-state index in [1.807, 2.05) is 0 Å². The van der Waals surface area contributed by atoms with Gasteiger partial charge < -0.3 is 16.2 Å². The summed E-state index contributed by atoms with van der Waals surface area (Å²) < 4.78 is 5.38. The van der Waals surface area contributed by atoms with E-state index in [-0.39, 0.29) is 12.1 Å². The fourth-order valence-corrected chi connectivity index (χ4v) is 1.79. The molecular weight excluding hydrogens is 202 g/mol. The zero-order chi connectivity index (χ0) is 12.0. The summed E-state index contributed by atoms with van der Waals surface area (Å²) in [4.78, 5) is 4.05. The summed E-state index contributed by atoms with van der Waals surface area (Å²) in [6.45, 7) is 2.12. The van der Waals surface area contributed by atoms with Crippen molar-refractivity contribution in [2.75, 3.05) is 12.8 Å². The number of ether oxygens (including phenoxy) is 1. The maximum Gasteiger partial charge on any atom is 0.0725 e. The number of nitrogens with zero attached hydrogens (tertiary/aromatic N) is 1. The van der Waals surface area contributed by atoms with E-state index in [0.717, 1.165) is 24.1 Å². The summed E-state index contributed by atoms with van der Waals surface area (Å²) in [5, 5.41) is 0. The van der Waals surface area contributed by atoms with Gasteiger partial charge in [0.1, 0.15) is 0 Å². The normalized spacial score (nSPS) is 14.7. The molecule has 0 saturated carbocycles. The lowest BCUT2D eigenvalue weighted by Crippen LogP contribution is -2.38. The van der Waals surface area contributed by atoms with Crippen molar-refractivity contribution in [1.29, 1.82) is 0 Å². The van der Waals surface area contributed by atoms with E-state index in [1.54, 1.807) is 25.6 Å². The molecule has 1 heterocycles. The van der Waals surface area contributed by atoms with Crippen LogP contribution in [0.4, 0.5) is 5.69 Å². The van der Waals surface area contributed by atoms with E-state index in [1.165, 1.54) is 0 Å². The Hall–Kier alpha value is -1.13. The van der Waals surface area contributed by atoms with Crippen LogP contribution in [-0.4, -0.2) is 24.2 Å². The molecule has 16 heavy (non-hydrogen) atoms. The molecule has 0 aliphatic heterocycles. The third-order valence-corrected chi connectivity index (χ3v) is 2.75. The summed E-state index contributed by atoms with van der Waals surface area (Å²) >= 11 is 0. The Morgan fingerprint density at radius 1 is 1.50 bits per heavy atom. The molecule has 0 spiro atoms. The van der Waals surface area contributed by atoms with Gasteiger partial charge in [-0.05, 0) is 24.5 Å². The van der Waals surface area contributed by atoms with Gasteiger partial charge in [-0.3, -0.25) is 4.98 Å². The molecule has 90 valence electrons. The molecule has 0 fully saturated rings. The summed E-state index contributed by atoms with van der Waals surface area (Å²) in [6, 6.07) is 1.76. The van der Waals surface area contributed by atoms with Crippen molar-refractivity contribution in [3.05, 3.63) is 24.0 Å². The van der Waals surface area contributed by atoms with Crippen molar-refractivity contribution in [3.63, 3.8) is 0 Å². The predicted molar refractivity (Wildman–Crippen MR) is 66.0 cm³/mol. The number of anilines is 1. The van der Waals surface area contributed by atoms with Crippen molar-refractivity contribution in [2.24, 2.45) is 5.73 Å². The molecule has 4 nitrogen and oxygen atoms in total. The van der Waals surface area contributed by atoms with Gasteiger partial charge in [-0.2, -0.15) is 0 Å². The predicted octanol–water partition coefficient (Wildman–Crippen LogP) is 1.35. The maximum absolute atomic E-state index is 6.11.